The first-order valence-corrected chi connectivity index (χ1v) is 16.2. The Morgan fingerprint density at radius 2 is 0.652 bits per heavy atom. The molecule has 2 heterocycles. The molecule has 0 radical (unpaired) electrons. The number of rotatable bonds is 6. The molecule has 0 aliphatic carbocycles. The molecule has 232 valence electrons. The van der Waals surface area contributed by atoms with Crippen LogP contribution < -0.4 is 9.62 Å². The Kier molecular flexibility index (Phi) is 10.3. The summed E-state index contributed by atoms with van der Waals surface area (Å²) in [6.45, 7) is 13.8. The predicted molar refractivity (Wildman–Crippen MR) is 201 cm³/mol. The van der Waals surface area contributed by atoms with E-state index in [0.29, 0.717) is 0 Å². The normalized spacial score (nSPS) is 14.2. The topological polar surface area (TPSA) is 13.0 Å². The van der Waals surface area contributed by atoms with Crippen molar-refractivity contribution in [3.8, 4) is 0 Å². The minimum absolute atomic E-state index is 0.0355. The summed E-state index contributed by atoms with van der Waals surface area (Å²) in [6, 6.07) is 42.3. The number of hydrogen-bond donors (Lipinski definition) is 0. The summed E-state index contributed by atoms with van der Waals surface area (Å²) in [4.78, 5) is 9.55. The van der Waals surface area contributed by atoms with Crippen molar-refractivity contribution in [2.75, 3.05) is 9.62 Å². The number of benzene rings is 4. The lowest BCUT2D eigenvalue weighted by Gasteiger charge is -2.44. The second-order valence-electron chi connectivity index (χ2n) is 13.5. The molecule has 4 aromatic rings. The monoisotopic (exact) mass is 604 g/mol. The van der Waals surface area contributed by atoms with Crippen LogP contribution in [-0.4, -0.2) is 34.7 Å². The largest absolute Gasteiger partial charge is 0.408 e. The molecule has 0 fully saturated rings. The van der Waals surface area contributed by atoms with Gasteiger partial charge in [0.2, 0.25) is 0 Å². The molecule has 6 rings (SSSR count). The van der Waals surface area contributed by atoms with E-state index in [-0.39, 0.29) is 25.0 Å². The van der Waals surface area contributed by atoms with Crippen molar-refractivity contribution >= 4 is 36.7 Å². The lowest BCUT2D eigenvalue weighted by atomic mass is 9.66. The van der Waals surface area contributed by atoms with Gasteiger partial charge in [0.05, 0.1) is 0 Å². The smallest absolute Gasteiger partial charge is 0.393 e. The fourth-order valence-corrected chi connectivity index (χ4v) is 5.90. The van der Waals surface area contributed by atoms with E-state index in [1.165, 1.54) is 22.7 Å². The zero-order chi connectivity index (χ0) is 32.6. The third-order valence-corrected chi connectivity index (χ3v) is 8.07. The molecule has 0 unspecified atom stereocenters. The van der Waals surface area contributed by atoms with E-state index < -0.39 is 0 Å². The average molecular weight is 604 g/mol. The number of anilines is 4. The molecule has 0 atom stereocenters. The third kappa shape index (κ3) is 7.87. The Labute approximate surface area is 277 Å². The summed E-state index contributed by atoms with van der Waals surface area (Å²) < 4.78 is 0. The zero-order valence-corrected chi connectivity index (χ0v) is 28.1. The third-order valence-electron chi connectivity index (χ3n) is 8.07. The number of hydrogen-bond acceptors (Lipinski definition) is 4. The zero-order valence-electron chi connectivity index (χ0n) is 28.1. The predicted octanol–water partition coefficient (Wildman–Crippen LogP) is 10.1. The van der Waals surface area contributed by atoms with Crippen LogP contribution in [0.5, 0.6) is 0 Å². The first kappa shape index (κ1) is 32.6. The quantitative estimate of drug-likeness (QED) is 0.203. The highest BCUT2D eigenvalue weighted by atomic mass is 15.3. The van der Waals surface area contributed by atoms with E-state index in [1.54, 1.807) is 0 Å². The Bertz CT molecular complexity index is 1420. The van der Waals surface area contributed by atoms with Crippen molar-refractivity contribution in [1.29, 1.82) is 0 Å². The van der Waals surface area contributed by atoms with Crippen LogP contribution >= 0.6 is 0 Å². The maximum absolute atomic E-state index is 2.40. The number of nitrogens with zero attached hydrogens (tertiary/aromatic N) is 4. The summed E-state index contributed by atoms with van der Waals surface area (Å²) in [6.07, 6.45) is 12.8. The van der Waals surface area contributed by atoms with E-state index in [0.717, 1.165) is 0 Å². The van der Waals surface area contributed by atoms with Crippen molar-refractivity contribution < 1.29 is 0 Å². The van der Waals surface area contributed by atoms with Crippen LogP contribution in [0.4, 0.5) is 22.7 Å². The van der Waals surface area contributed by atoms with Crippen LogP contribution in [0.25, 0.3) is 0 Å². The second kappa shape index (κ2) is 14.5. The van der Waals surface area contributed by atoms with Crippen molar-refractivity contribution in [2.45, 2.75) is 52.6 Å². The van der Waals surface area contributed by atoms with Gasteiger partial charge in [-0.3, -0.25) is 0 Å². The van der Waals surface area contributed by atoms with Gasteiger partial charge < -0.3 is 19.2 Å². The highest BCUT2D eigenvalue weighted by Gasteiger charge is 2.37. The van der Waals surface area contributed by atoms with Crippen molar-refractivity contribution in [3.05, 3.63) is 170 Å². The summed E-state index contributed by atoms with van der Waals surface area (Å²) >= 11 is 0. The molecule has 0 saturated carbocycles. The number of allylic oxidation sites excluding steroid dienone is 4. The fourth-order valence-electron chi connectivity index (χ4n) is 5.90. The molecule has 4 nitrogen and oxygen atoms in total. The lowest BCUT2D eigenvalue weighted by molar-refractivity contribution is 0.322. The molecule has 46 heavy (non-hydrogen) atoms. The van der Waals surface area contributed by atoms with Gasteiger partial charge in [-0.1, -0.05) is 96.9 Å². The lowest BCUT2D eigenvalue weighted by Crippen LogP contribution is -2.55. The maximum Gasteiger partial charge on any atom is 0.408 e. The molecule has 0 spiro atoms. The molecule has 0 amide bonds. The minimum Gasteiger partial charge on any atom is -0.393 e. The molecule has 0 saturated heterocycles. The van der Waals surface area contributed by atoms with Crippen molar-refractivity contribution in [1.82, 2.24) is 9.62 Å². The summed E-state index contributed by atoms with van der Waals surface area (Å²) in [5.74, 6) is 4.51. The first-order valence-electron chi connectivity index (χ1n) is 16.2. The Hall–Kier alpha value is -4.83. The maximum atomic E-state index is 2.40. The van der Waals surface area contributed by atoms with Gasteiger partial charge >= 0.3 is 14.0 Å². The van der Waals surface area contributed by atoms with E-state index in [2.05, 4.69) is 231 Å². The van der Waals surface area contributed by atoms with Gasteiger partial charge in [0.25, 0.3) is 0 Å². The van der Waals surface area contributed by atoms with Crippen molar-refractivity contribution in [2.24, 2.45) is 0 Å². The standard InChI is InChI=1S/2C20H23BN2/c2*1-20(2,3)22-17-11-10-16-21(22)23(18-12-6-4-7-13-18)19-14-8-5-9-15-19/h2*4-17H,1-3H3. The molecule has 2 aliphatic heterocycles. The first-order chi connectivity index (χ1) is 22.1. The Balaban J connectivity index is 0.000000181. The van der Waals surface area contributed by atoms with Gasteiger partial charge in [0.1, 0.15) is 0 Å². The molecule has 0 bridgehead atoms. The molecular formula is C40H46B2N4. The van der Waals surface area contributed by atoms with E-state index in [4.69, 9.17) is 0 Å². The summed E-state index contributed by atoms with van der Waals surface area (Å²) in [5.41, 5.74) is 4.84. The van der Waals surface area contributed by atoms with Gasteiger partial charge in [-0.25, -0.2) is 0 Å². The van der Waals surface area contributed by atoms with Crippen LogP contribution in [0.2, 0.25) is 0 Å². The molecule has 0 aromatic heterocycles. The molecular weight excluding hydrogens is 558 g/mol. The van der Waals surface area contributed by atoms with Gasteiger partial charge in [0.15, 0.2) is 0 Å². The van der Waals surface area contributed by atoms with Crippen LogP contribution in [0, 0.1) is 0 Å². The minimum atomic E-state index is 0.0355. The molecule has 4 aromatic carbocycles. The van der Waals surface area contributed by atoms with Gasteiger partial charge in [-0.05, 0) is 115 Å². The fraction of sp³-hybridized carbons (Fsp3) is 0.200. The van der Waals surface area contributed by atoms with Gasteiger partial charge in [-0.2, -0.15) is 0 Å². The van der Waals surface area contributed by atoms with E-state index >= 15 is 0 Å². The van der Waals surface area contributed by atoms with Crippen LogP contribution in [0.3, 0.4) is 0 Å². The average Bonchev–Trinajstić information content (AvgIpc) is 3.07. The van der Waals surface area contributed by atoms with Crippen LogP contribution in [0.1, 0.15) is 41.5 Å². The van der Waals surface area contributed by atoms with E-state index in [9.17, 15) is 0 Å². The van der Waals surface area contributed by atoms with E-state index in [1.807, 2.05) is 0 Å². The second-order valence-corrected chi connectivity index (χ2v) is 13.5. The summed E-state index contributed by atoms with van der Waals surface area (Å²) in [7, 11) is 0. The Morgan fingerprint density at radius 1 is 0.391 bits per heavy atom. The van der Waals surface area contributed by atoms with Crippen LogP contribution in [-0.2, 0) is 0 Å². The molecule has 2 aliphatic rings. The Morgan fingerprint density at radius 3 is 0.891 bits per heavy atom. The van der Waals surface area contributed by atoms with Crippen molar-refractivity contribution in [3.63, 3.8) is 0 Å². The SMILES string of the molecule is CC(C)(C)N1C=CC=CB1N(c1ccccc1)c1ccccc1.CC(C)(C)N1C=CC=CB1N(c1ccccc1)c1ccccc1. The number of para-hydroxylation sites is 4. The molecule has 6 heteroatoms. The molecule has 0 N–H and O–H groups in total. The van der Waals surface area contributed by atoms with Gasteiger partial charge in [-0.15, -0.1) is 0 Å². The summed E-state index contributed by atoms with van der Waals surface area (Å²) in [5, 5.41) is 0. The highest BCUT2D eigenvalue weighted by Crippen LogP contribution is 2.33. The van der Waals surface area contributed by atoms with Gasteiger partial charge in [0, 0.05) is 33.8 Å². The highest BCUT2D eigenvalue weighted by molar-refractivity contribution is 6.68. The van der Waals surface area contributed by atoms with Crippen LogP contribution in [0.15, 0.2) is 170 Å².